The minimum absolute atomic E-state index is 0.396. The quantitative estimate of drug-likeness (QED) is 0.659. The molecule has 0 radical (unpaired) electrons. The molecule has 0 heterocycles. The van der Waals surface area contributed by atoms with E-state index in [1.807, 2.05) is 0 Å². The van der Waals surface area contributed by atoms with Gasteiger partial charge >= 0.3 is 5.97 Å². The SMILES string of the molecule is Cc1ccc(N)cc1C(=O)NC(C)C(=O)O. The van der Waals surface area contributed by atoms with E-state index in [9.17, 15) is 9.59 Å². The van der Waals surface area contributed by atoms with Crippen molar-refractivity contribution in [3.05, 3.63) is 29.3 Å². The maximum Gasteiger partial charge on any atom is 0.325 e. The molecule has 0 fully saturated rings. The average Bonchev–Trinajstić information content (AvgIpc) is 2.21. The van der Waals surface area contributed by atoms with Gasteiger partial charge in [0.1, 0.15) is 6.04 Å². The highest BCUT2D eigenvalue weighted by atomic mass is 16.4. The summed E-state index contributed by atoms with van der Waals surface area (Å²) in [4.78, 5) is 22.3. The van der Waals surface area contributed by atoms with E-state index < -0.39 is 17.9 Å². The Kier molecular flexibility index (Phi) is 3.50. The lowest BCUT2D eigenvalue weighted by Gasteiger charge is -2.11. The number of benzene rings is 1. The zero-order valence-corrected chi connectivity index (χ0v) is 9.15. The van der Waals surface area contributed by atoms with Crippen LogP contribution in [0.5, 0.6) is 0 Å². The van der Waals surface area contributed by atoms with Gasteiger partial charge in [-0.1, -0.05) is 6.07 Å². The van der Waals surface area contributed by atoms with E-state index in [-0.39, 0.29) is 0 Å². The first-order valence-corrected chi connectivity index (χ1v) is 4.81. The largest absolute Gasteiger partial charge is 0.480 e. The van der Waals surface area contributed by atoms with Gasteiger partial charge in [-0.3, -0.25) is 9.59 Å². The molecule has 1 aromatic rings. The third-order valence-electron chi connectivity index (χ3n) is 2.22. The molecule has 1 atom stereocenters. The number of hydrogen-bond donors (Lipinski definition) is 3. The zero-order chi connectivity index (χ0) is 12.3. The number of carboxylic acids is 1. The lowest BCUT2D eigenvalue weighted by molar-refractivity contribution is -0.138. The molecular weight excluding hydrogens is 208 g/mol. The average molecular weight is 222 g/mol. The summed E-state index contributed by atoms with van der Waals surface area (Å²) < 4.78 is 0. The molecule has 0 aliphatic carbocycles. The van der Waals surface area contributed by atoms with E-state index in [1.165, 1.54) is 13.0 Å². The molecule has 1 unspecified atom stereocenters. The van der Waals surface area contributed by atoms with Gasteiger partial charge in [0, 0.05) is 11.3 Å². The topological polar surface area (TPSA) is 92.4 Å². The second-order valence-corrected chi connectivity index (χ2v) is 3.61. The predicted molar refractivity (Wildman–Crippen MR) is 60.2 cm³/mol. The smallest absolute Gasteiger partial charge is 0.325 e. The van der Waals surface area contributed by atoms with Crippen LogP contribution in [-0.2, 0) is 4.79 Å². The van der Waals surface area contributed by atoms with Crippen molar-refractivity contribution in [1.29, 1.82) is 0 Å². The normalized spacial score (nSPS) is 11.9. The zero-order valence-electron chi connectivity index (χ0n) is 9.15. The summed E-state index contributed by atoms with van der Waals surface area (Å²) >= 11 is 0. The van der Waals surface area contributed by atoms with Crippen LogP contribution < -0.4 is 11.1 Å². The van der Waals surface area contributed by atoms with E-state index in [4.69, 9.17) is 10.8 Å². The maximum atomic E-state index is 11.7. The number of carbonyl (C=O) groups excluding carboxylic acids is 1. The number of nitrogens with one attached hydrogen (secondary N) is 1. The van der Waals surface area contributed by atoms with Crippen LogP contribution >= 0.6 is 0 Å². The van der Waals surface area contributed by atoms with Crippen LogP contribution in [0.2, 0.25) is 0 Å². The molecule has 4 N–H and O–H groups in total. The summed E-state index contributed by atoms with van der Waals surface area (Å²) in [6, 6.07) is 4.01. The molecule has 0 saturated heterocycles. The summed E-state index contributed by atoms with van der Waals surface area (Å²) in [5.41, 5.74) is 7.18. The highest BCUT2D eigenvalue weighted by Crippen LogP contribution is 2.12. The van der Waals surface area contributed by atoms with E-state index in [0.29, 0.717) is 11.3 Å². The first kappa shape index (κ1) is 12.0. The number of anilines is 1. The Labute approximate surface area is 93.3 Å². The Balaban J connectivity index is 2.88. The molecule has 86 valence electrons. The van der Waals surface area contributed by atoms with Crippen LogP contribution in [0.3, 0.4) is 0 Å². The molecular formula is C11H14N2O3. The lowest BCUT2D eigenvalue weighted by Crippen LogP contribution is -2.38. The number of carbonyl (C=O) groups is 2. The molecule has 0 saturated carbocycles. The Morgan fingerprint density at radius 2 is 2.06 bits per heavy atom. The Morgan fingerprint density at radius 3 is 2.62 bits per heavy atom. The molecule has 0 bridgehead atoms. The molecule has 0 aliphatic heterocycles. The van der Waals surface area contributed by atoms with Crippen molar-refractivity contribution in [2.24, 2.45) is 0 Å². The van der Waals surface area contributed by atoms with Crippen molar-refractivity contribution in [1.82, 2.24) is 5.32 Å². The number of nitrogen functional groups attached to an aromatic ring is 1. The van der Waals surface area contributed by atoms with Gasteiger partial charge in [0.2, 0.25) is 0 Å². The second kappa shape index (κ2) is 4.65. The molecule has 5 nitrogen and oxygen atoms in total. The van der Waals surface area contributed by atoms with Crippen molar-refractivity contribution in [3.63, 3.8) is 0 Å². The number of carboxylic acid groups (broad SMARTS) is 1. The first-order valence-electron chi connectivity index (χ1n) is 4.81. The Hall–Kier alpha value is -2.04. The molecule has 1 aromatic carbocycles. The standard InChI is InChI=1S/C11H14N2O3/c1-6-3-4-8(12)5-9(6)10(14)13-7(2)11(15)16/h3-5,7H,12H2,1-2H3,(H,13,14)(H,15,16). The van der Waals surface area contributed by atoms with E-state index in [1.54, 1.807) is 19.1 Å². The molecule has 5 heteroatoms. The van der Waals surface area contributed by atoms with Gasteiger partial charge in [-0.25, -0.2) is 0 Å². The monoisotopic (exact) mass is 222 g/mol. The summed E-state index contributed by atoms with van der Waals surface area (Å²) in [7, 11) is 0. The summed E-state index contributed by atoms with van der Waals surface area (Å²) in [6.07, 6.45) is 0. The van der Waals surface area contributed by atoms with Gasteiger partial charge in [0.15, 0.2) is 0 Å². The second-order valence-electron chi connectivity index (χ2n) is 3.61. The Morgan fingerprint density at radius 1 is 1.44 bits per heavy atom. The Bertz CT molecular complexity index is 429. The maximum absolute atomic E-state index is 11.7. The number of aryl methyl sites for hydroxylation is 1. The summed E-state index contributed by atoms with van der Waals surface area (Å²) in [5, 5.41) is 11.0. The van der Waals surface area contributed by atoms with Crippen LogP contribution in [0.15, 0.2) is 18.2 Å². The lowest BCUT2D eigenvalue weighted by atomic mass is 10.1. The number of hydrogen-bond acceptors (Lipinski definition) is 3. The van der Waals surface area contributed by atoms with Crippen molar-refractivity contribution in [3.8, 4) is 0 Å². The van der Waals surface area contributed by atoms with Crippen LogP contribution in [0, 0.1) is 6.92 Å². The summed E-state index contributed by atoms with van der Waals surface area (Å²) in [6.45, 7) is 3.17. The molecule has 0 spiro atoms. The minimum atomic E-state index is -1.07. The van der Waals surface area contributed by atoms with Gasteiger partial charge in [-0.2, -0.15) is 0 Å². The van der Waals surface area contributed by atoms with E-state index in [2.05, 4.69) is 5.32 Å². The van der Waals surface area contributed by atoms with Crippen molar-refractivity contribution >= 4 is 17.6 Å². The van der Waals surface area contributed by atoms with Crippen LogP contribution in [0.1, 0.15) is 22.8 Å². The predicted octanol–water partition coefficient (Wildman–Crippen LogP) is 0.780. The fourth-order valence-electron chi connectivity index (χ4n) is 1.22. The highest BCUT2D eigenvalue weighted by molar-refractivity contribution is 5.98. The highest BCUT2D eigenvalue weighted by Gasteiger charge is 2.16. The fraction of sp³-hybridized carbons (Fsp3) is 0.273. The van der Waals surface area contributed by atoms with Gasteiger partial charge in [-0.15, -0.1) is 0 Å². The summed E-state index contributed by atoms with van der Waals surface area (Å²) in [5.74, 6) is -1.50. The third-order valence-corrected chi connectivity index (χ3v) is 2.22. The van der Waals surface area contributed by atoms with Gasteiger partial charge in [-0.05, 0) is 31.5 Å². The van der Waals surface area contributed by atoms with Crippen molar-refractivity contribution < 1.29 is 14.7 Å². The molecule has 1 rings (SSSR count). The minimum Gasteiger partial charge on any atom is -0.480 e. The molecule has 0 aromatic heterocycles. The van der Waals surface area contributed by atoms with Crippen LogP contribution in [0.25, 0.3) is 0 Å². The van der Waals surface area contributed by atoms with Crippen LogP contribution in [-0.4, -0.2) is 23.0 Å². The van der Waals surface area contributed by atoms with E-state index >= 15 is 0 Å². The number of aliphatic carboxylic acids is 1. The number of nitrogens with two attached hydrogens (primary N) is 1. The third kappa shape index (κ3) is 2.73. The fourth-order valence-corrected chi connectivity index (χ4v) is 1.22. The number of rotatable bonds is 3. The van der Waals surface area contributed by atoms with Crippen molar-refractivity contribution in [2.75, 3.05) is 5.73 Å². The van der Waals surface area contributed by atoms with Gasteiger partial charge in [0.25, 0.3) is 5.91 Å². The van der Waals surface area contributed by atoms with Crippen molar-refractivity contribution in [2.45, 2.75) is 19.9 Å². The van der Waals surface area contributed by atoms with Gasteiger partial charge in [0.05, 0.1) is 0 Å². The molecule has 16 heavy (non-hydrogen) atoms. The number of amides is 1. The van der Waals surface area contributed by atoms with Crippen LogP contribution in [0.4, 0.5) is 5.69 Å². The molecule has 0 aliphatic rings. The first-order chi connectivity index (χ1) is 7.41. The molecule has 1 amide bonds. The van der Waals surface area contributed by atoms with E-state index in [0.717, 1.165) is 5.56 Å². The van der Waals surface area contributed by atoms with Gasteiger partial charge < -0.3 is 16.2 Å².